The Morgan fingerprint density at radius 1 is 1.07 bits per heavy atom. The van der Waals surface area contributed by atoms with Crippen LogP contribution in [0.4, 0.5) is 15.8 Å². The molecule has 1 heterocycles. The molecule has 144 valence electrons. The maximum absolute atomic E-state index is 13.6. The van der Waals surface area contributed by atoms with Gasteiger partial charge in [-0.1, -0.05) is 22.9 Å². The molecule has 2 amide bonds. The van der Waals surface area contributed by atoms with Crippen LogP contribution in [0.2, 0.25) is 5.02 Å². The Morgan fingerprint density at radius 2 is 1.75 bits per heavy atom. The molecule has 1 aromatic heterocycles. The van der Waals surface area contributed by atoms with Crippen LogP contribution in [0.25, 0.3) is 0 Å². The van der Waals surface area contributed by atoms with Crippen molar-refractivity contribution >= 4 is 34.8 Å². The van der Waals surface area contributed by atoms with E-state index >= 15 is 0 Å². The Bertz CT molecular complexity index is 1030. The van der Waals surface area contributed by atoms with E-state index in [1.54, 1.807) is 50.2 Å². The van der Waals surface area contributed by atoms with Gasteiger partial charge in [-0.15, -0.1) is 5.10 Å². The molecule has 0 saturated carbocycles. The second-order valence-electron chi connectivity index (χ2n) is 6.15. The normalized spacial score (nSPS) is 10.6. The van der Waals surface area contributed by atoms with Crippen molar-refractivity contribution in [2.45, 2.75) is 20.4 Å². The van der Waals surface area contributed by atoms with E-state index in [0.717, 1.165) is 0 Å². The lowest BCUT2D eigenvalue weighted by Crippen LogP contribution is -2.21. The smallest absolute Gasteiger partial charge is 0.278 e. The molecule has 3 rings (SSSR count). The molecule has 9 heteroatoms. The number of hydrogen-bond acceptors (Lipinski definition) is 4. The van der Waals surface area contributed by atoms with Crippen LogP contribution in [-0.2, 0) is 11.3 Å². The quantitative estimate of drug-likeness (QED) is 0.683. The molecular formula is C19H17ClFN5O2. The van der Waals surface area contributed by atoms with Crippen LogP contribution in [0.1, 0.15) is 21.7 Å². The summed E-state index contributed by atoms with van der Waals surface area (Å²) in [6, 6.07) is 11.1. The molecule has 2 N–H and O–H groups in total. The molecule has 0 atom stereocenters. The van der Waals surface area contributed by atoms with Crippen LogP contribution < -0.4 is 10.6 Å². The number of aromatic nitrogens is 3. The molecule has 0 saturated heterocycles. The SMILES string of the molecule is Cc1ccc(NC(=O)c2nnn(CC(=O)Nc3ccc(Cl)cc3)c2C)cc1F. The van der Waals surface area contributed by atoms with Gasteiger partial charge in [0.25, 0.3) is 5.91 Å². The third-order valence-corrected chi connectivity index (χ3v) is 4.30. The number of carbonyl (C=O) groups is 2. The monoisotopic (exact) mass is 401 g/mol. The van der Waals surface area contributed by atoms with E-state index in [9.17, 15) is 14.0 Å². The lowest BCUT2D eigenvalue weighted by atomic mass is 10.2. The van der Waals surface area contributed by atoms with Gasteiger partial charge in [-0.25, -0.2) is 9.07 Å². The van der Waals surface area contributed by atoms with Gasteiger partial charge < -0.3 is 10.6 Å². The highest BCUT2D eigenvalue weighted by Gasteiger charge is 2.18. The van der Waals surface area contributed by atoms with Gasteiger partial charge in [-0.2, -0.15) is 0 Å². The van der Waals surface area contributed by atoms with Gasteiger partial charge in [0.15, 0.2) is 5.69 Å². The second kappa shape index (κ2) is 8.18. The number of rotatable bonds is 5. The standard InChI is InChI=1S/C19H17ClFN5O2/c1-11-3-6-15(9-16(11)21)23-19(28)18-12(2)26(25-24-18)10-17(27)22-14-7-4-13(20)5-8-14/h3-9H,10H2,1-2H3,(H,22,27)(H,23,28). The van der Waals surface area contributed by atoms with E-state index in [1.165, 1.54) is 10.7 Å². The highest BCUT2D eigenvalue weighted by Crippen LogP contribution is 2.16. The summed E-state index contributed by atoms with van der Waals surface area (Å²) in [6.07, 6.45) is 0. The summed E-state index contributed by atoms with van der Waals surface area (Å²) in [6.45, 7) is 3.14. The number of carbonyl (C=O) groups excluding carboxylic acids is 2. The molecular weight excluding hydrogens is 385 g/mol. The Hall–Kier alpha value is -3.26. The van der Waals surface area contributed by atoms with Crippen LogP contribution in [0.3, 0.4) is 0 Å². The van der Waals surface area contributed by atoms with Crippen molar-refractivity contribution < 1.29 is 14.0 Å². The van der Waals surface area contributed by atoms with Crippen LogP contribution in [0.15, 0.2) is 42.5 Å². The minimum Gasteiger partial charge on any atom is -0.324 e. The topological polar surface area (TPSA) is 88.9 Å². The zero-order chi connectivity index (χ0) is 20.3. The average molecular weight is 402 g/mol. The first kappa shape index (κ1) is 19.5. The molecule has 0 fully saturated rings. The fraction of sp³-hybridized carbons (Fsp3) is 0.158. The Labute approximate surface area is 165 Å². The second-order valence-corrected chi connectivity index (χ2v) is 6.59. The summed E-state index contributed by atoms with van der Waals surface area (Å²) >= 11 is 5.81. The zero-order valence-corrected chi connectivity index (χ0v) is 15.9. The summed E-state index contributed by atoms with van der Waals surface area (Å²) in [5, 5.41) is 13.5. The van der Waals surface area contributed by atoms with Crippen molar-refractivity contribution in [3.8, 4) is 0 Å². The Balaban J connectivity index is 1.67. The molecule has 3 aromatic rings. The number of halogens is 2. The summed E-state index contributed by atoms with van der Waals surface area (Å²) < 4.78 is 14.9. The largest absolute Gasteiger partial charge is 0.324 e. The molecule has 28 heavy (non-hydrogen) atoms. The maximum atomic E-state index is 13.6. The van der Waals surface area contributed by atoms with Crippen molar-refractivity contribution in [1.82, 2.24) is 15.0 Å². The average Bonchev–Trinajstić information content (AvgIpc) is 3.01. The van der Waals surface area contributed by atoms with Crippen molar-refractivity contribution in [3.05, 3.63) is 70.3 Å². The van der Waals surface area contributed by atoms with Crippen molar-refractivity contribution in [2.75, 3.05) is 10.6 Å². The minimum absolute atomic E-state index is 0.0558. The molecule has 0 spiro atoms. The summed E-state index contributed by atoms with van der Waals surface area (Å²) in [4.78, 5) is 24.6. The summed E-state index contributed by atoms with van der Waals surface area (Å²) in [7, 11) is 0. The van der Waals surface area contributed by atoms with E-state index in [1.807, 2.05) is 0 Å². The highest BCUT2D eigenvalue weighted by atomic mass is 35.5. The van der Waals surface area contributed by atoms with E-state index in [0.29, 0.717) is 27.7 Å². The molecule has 0 aliphatic carbocycles. The highest BCUT2D eigenvalue weighted by molar-refractivity contribution is 6.30. The van der Waals surface area contributed by atoms with Gasteiger partial charge in [0.05, 0.1) is 5.69 Å². The number of anilines is 2. The van der Waals surface area contributed by atoms with Gasteiger partial charge in [0.2, 0.25) is 5.91 Å². The zero-order valence-electron chi connectivity index (χ0n) is 15.2. The number of benzene rings is 2. The van der Waals surface area contributed by atoms with E-state index in [4.69, 9.17) is 11.6 Å². The first-order valence-electron chi connectivity index (χ1n) is 8.36. The predicted molar refractivity (Wildman–Crippen MR) is 104 cm³/mol. The van der Waals surface area contributed by atoms with Crippen molar-refractivity contribution in [3.63, 3.8) is 0 Å². The minimum atomic E-state index is -0.537. The van der Waals surface area contributed by atoms with Crippen LogP contribution in [-0.4, -0.2) is 26.8 Å². The fourth-order valence-corrected chi connectivity index (χ4v) is 2.58. The maximum Gasteiger partial charge on any atom is 0.278 e. The van der Waals surface area contributed by atoms with Gasteiger partial charge in [-0.3, -0.25) is 9.59 Å². The van der Waals surface area contributed by atoms with Gasteiger partial charge in [0, 0.05) is 16.4 Å². The number of aryl methyl sites for hydroxylation is 1. The molecule has 0 bridgehead atoms. The van der Waals surface area contributed by atoms with Crippen molar-refractivity contribution in [1.29, 1.82) is 0 Å². The molecule has 2 aromatic carbocycles. The summed E-state index contributed by atoms with van der Waals surface area (Å²) in [5.74, 6) is -1.29. The Kier molecular flexibility index (Phi) is 5.70. The van der Waals surface area contributed by atoms with Crippen LogP contribution in [0, 0.1) is 19.7 Å². The van der Waals surface area contributed by atoms with E-state index in [-0.39, 0.29) is 18.1 Å². The molecule has 7 nitrogen and oxygen atoms in total. The number of hydrogen-bond donors (Lipinski definition) is 2. The number of nitrogens with one attached hydrogen (secondary N) is 2. The van der Waals surface area contributed by atoms with Crippen LogP contribution in [0.5, 0.6) is 0 Å². The lowest BCUT2D eigenvalue weighted by Gasteiger charge is -2.07. The molecule has 0 radical (unpaired) electrons. The first-order valence-corrected chi connectivity index (χ1v) is 8.74. The number of nitrogens with zero attached hydrogens (tertiary/aromatic N) is 3. The number of amides is 2. The fourth-order valence-electron chi connectivity index (χ4n) is 2.45. The van der Waals surface area contributed by atoms with Gasteiger partial charge >= 0.3 is 0 Å². The van der Waals surface area contributed by atoms with Crippen molar-refractivity contribution in [2.24, 2.45) is 0 Å². The third-order valence-electron chi connectivity index (χ3n) is 4.05. The predicted octanol–water partition coefficient (Wildman–Crippen LogP) is 3.58. The lowest BCUT2D eigenvalue weighted by molar-refractivity contribution is -0.117. The third kappa shape index (κ3) is 4.52. The van der Waals surface area contributed by atoms with E-state index < -0.39 is 11.7 Å². The van der Waals surface area contributed by atoms with Gasteiger partial charge in [0.1, 0.15) is 12.4 Å². The molecule has 0 aliphatic heterocycles. The Morgan fingerprint density at radius 3 is 2.43 bits per heavy atom. The summed E-state index contributed by atoms with van der Waals surface area (Å²) in [5.41, 5.74) is 1.84. The van der Waals surface area contributed by atoms with E-state index in [2.05, 4.69) is 20.9 Å². The molecule has 0 aliphatic rings. The first-order chi connectivity index (χ1) is 13.3. The van der Waals surface area contributed by atoms with Gasteiger partial charge in [-0.05, 0) is 55.8 Å². The molecule has 0 unspecified atom stereocenters. The van der Waals surface area contributed by atoms with Crippen LogP contribution >= 0.6 is 11.6 Å².